The Kier molecular flexibility index (Phi) is 388. The molecule has 0 aromatic carbocycles. The van der Waals surface area contributed by atoms with E-state index in [0.717, 1.165) is 0 Å². The molecule has 0 amide bonds. The largest absolute Gasteiger partial charge is 4.00 e. The van der Waals surface area contributed by atoms with Crippen molar-refractivity contribution in [3.63, 3.8) is 0 Å². The second kappa shape index (κ2) is 27.3. The van der Waals surface area contributed by atoms with Crippen LogP contribution in [0.25, 0.3) is 0 Å². The topological polar surface area (TPSA) is 57.0 Å². The van der Waals surface area contributed by atoms with Crippen LogP contribution >= 0.6 is 0 Å². The van der Waals surface area contributed by atoms with Gasteiger partial charge in [0.05, 0.1) is 0 Å². The summed E-state index contributed by atoms with van der Waals surface area (Å²) in [6.45, 7) is 0. The van der Waals surface area contributed by atoms with E-state index >= 15 is 0 Å². The van der Waals surface area contributed by atoms with Gasteiger partial charge in [0.1, 0.15) is 0 Å². The first kappa shape index (κ1) is 56.9. The molecule has 0 N–H and O–H groups in total. The van der Waals surface area contributed by atoms with E-state index in [1.807, 2.05) is 0 Å². The Morgan fingerprint density at radius 3 is 0.750 bits per heavy atom. The minimum absolute atomic E-state index is 0. The molecule has 0 aliphatic heterocycles. The molecular weight excluding hydrogens is 179 g/mol. The maximum absolute atomic E-state index is 0. The fraction of sp³-hybridized carbons (Fsp3) is 0. The van der Waals surface area contributed by atoms with Gasteiger partial charge >= 0.3 is 43.3 Å². The van der Waals surface area contributed by atoms with Crippen molar-refractivity contribution in [3.05, 3.63) is 0 Å². The van der Waals surface area contributed by atoms with Gasteiger partial charge in [-0.1, -0.05) is 0 Å². The maximum Gasteiger partial charge on any atom is 4.00 e. The summed E-state index contributed by atoms with van der Waals surface area (Å²) >= 11 is 0. The van der Waals surface area contributed by atoms with Crippen molar-refractivity contribution in [1.29, 1.82) is 0 Å². The van der Waals surface area contributed by atoms with Gasteiger partial charge in [-0.25, -0.2) is 0 Å². The Balaban J connectivity index is 0. The number of hydrogen-bond acceptors (Lipinski definition) is 0. The van der Waals surface area contributed by atoms with E-state index in [4.69, 9.17) is 0 Å². The quantitative estimate of drug-likeness (QED) is 0.461. The monoisotopic (exact) mass is 178 g/mol. The van der Waals surface area contributed by atoms with Crippen molar-refractivity contribution < 1.29 is 54.2 Å². The van der Waals surface area contributed by atoms with Crippen LogP contribution in [0, 0.1) is 0 Å². The summed E-state index contributed by atoms with van der Waals surface area (Å²) in [5.41, 5.74) is 0. The summed E-state index contributed by atoms with van der Waals surface area (Å²) in [7, 11) is 0. The molecular formula is FeO2Zr+2. The molecule has 0 spiro atoms. The smallest absolute Gasteiger partial charge is 2.00 e. The standard InChI is InChI=1S/Fe.2O.Zr/q+2;2*-2;+4. The minimum atomic E-state index is 0. The third kappa shape index (κ3) is 10.2. The van der Waals surface area contributed by atoms with E-state index < -0.39 is 0 Å². The molecule has 0 radical (unpaired) electrons. The molecule has 0 unspecified atom stereocenters. The molecule has 0 saturated heterocycles. The molecule has 4 heavy (non-hydrogen) atoms. The van der Waals surface area contributed by atoms with Gasteiger partial charge in [-0.15, -0.1) is 0 Å². The van der Waals surface area contributed by atoms with Gasteiger partial charge in [-0.05, 0) is 0 Å². The van der Waals surface area contributed by atoms with E-state index in [9.17, 15) is 0 Å². The SMILES string of the molecule is [Fe+2].[O-2].[O-2].[Zr+4]. The first-order valence-electron chi connectivity index (χ1n) is 0. The summed E-state index contributed by atoms with van der Waals surface area (Å²) in [5.74, 6) is 0. The summed E-state index contributed by atoms with van der Waals surface area (Å²) in [6.07, 6.45) is 0. The Morgan fingerprint density at radius 1 is 0.750 bits per heavy atom. The van der Waals surface area contributed by atoms with Crippen molar-refractivity contribution in [2.45, 2.75) is 0 Å². The third-order valence-electron chi connectivity index (χ3n) is 0. The van der Waals surface area contributed by atoms with Crippen LogP contribution in [-0.2, 0) is 54.2 Å². The molecule has 4 heteroatoms. The van der Waals surface area contributed by atoms with E-state index in [-0.39, 0.29) is 54.2 Å². The summed E-state index contributed by atoms with van der Waals surface area (Å²) in [6, 6.07) is 0. The minimum Gasteiger partial charge on any atom is -2.00 e. The van der Waals surface area contributed by atoms with E-state index in [2.05, 4.69) is 0 Å². The molecule has 0 atom stereocenters. The first-order valence-corrected chi connectivity index (χ1v) is 0. The van der Waals surface area contributed by atoms with Crippen molar-refractivity contribution in [1.82, 2.24) is 0 Å². The molecule has 0 aromatic rings. The van der Waals surface area contributed by atoms with Gasteiger partial charge in [0.25, 0.3) is 0 Å². The van der Waals surface area contributed by atoms with Gasteiger partial charge < -0.3 is 11.0 Å². The van der Waals surface area contributed by atoms with E-state index in [1.165, 1.54) is 0 Å². The van der Waals surface area contributed by atoms with Gasteiger partial charge in [0, 0.05) is 0 Å². The molecule has 2 nitrogen and oxygen atoms in total. The zero-order valence-corrected chi connectivity index (χ0v) is 5.23. The summed E-state index contributed by atoms with van der Waals surface area (Å²) < 4.78 is 0. The summed E-state index contributed by atoms with van der Waals surface area (Å²) in [4.78, 5) is 0. The van der Waals surface area contributed by atoms with Crippen molar-refractivity contribution in [2.24, 2.45) is 0 Å². The van der Waals surface area contributed by atoms with Gasteiger partial charge in [-0.3, -0.25) is 0 Å². The average Bonchev–Trinajstić information content (AvgIpc) is 0. The van der Waals surface area contributed by atoms with Crippen LogP contribution in [0.2, 0.25) is 0 Å². The molecule has 0 rings (SSSR count). The Morgan fingerprint density at radius 2 is 0.750 bits per heavy atom. The molecule has 22 valence electrons. The molecule has 0 fully saturated rings. The van der Waals surface area contributed by atoms with Crippen LogP contribution in [-0.4, -0.2) is 0 Å². The Bertz CT molecular complexity index is 6.00. The maximum atomic E-state index is 0. The molecule has 0 aliphatic rings. The molecule has 0 heterocycles. The van der Waals surface area contributed by atoms with Gasteiger partial charge in [0.15, 0.2) is 0 Å². The molecule has 0 bridgehead atoms. The van der Waals surface area contributed by atoms with Crippen molar-refractivity contribution >= 4 is 0 Å². The van der Waals surface area contributed by atoms with E-state index in [1.54, 1.807) is 0 Å². The van der Waals surface area contributed by atoms with Crippen molar-refractivity contribution in [2.75, 3.05) is 0 Å². The Hall–Kier alpha value is 1.32. The average molecular weight is 179 g/mol. The molecule has 0 aliphatic carbocycles. The fourth-order valence-corrected chi connectivity index (χ4v) is 0. The van der Waals surface area contributed by atoms with Crippen LogP contribution in [0.1, 0.15) is 0 Å². The van der Waals surface area contributed by atoms with Crippen LogP contribution < -0.4 is 0 Å². The van der Waals surface area contributed by atoms with Crippen LogP contribution in [0.4, 0.5) is 0 Å². The molecule has 0 saturated carbocycles. The summed E-state index contributed by atoms with van der Waals surface area (Å²) in [5, 5.41) is 0. The first-order chi connectivity index (χ1) is 0. The second-order valence-corrected chi connectivity index (χ2v) is 0. The zero-order valence-electron chi connectivity index (χ0n) is 1.67. The van der Waals surface area contributed by atoms with Crippen LogP contribution in [0.15, 0.2) is 0 Å². The van der Waals surface area contributed by atoms with Crippen LogP contribution in [0.3, 0.4) is 0 Å². The van der Waals surface area contributed by atoms with Gasteiger partial charge in [-0.2, -0.15) is 0 Å². The number of hydrogen-bond donors (Lipinski definition) is 0. The Labute approximate surface area is 54.2 Å². The normalized spacial score (nSPS) is 0. The van der Waals surface area contributed by atoms with Gasteiger partial charge in [0.2, 0.25) is 0 Å². The number of rotatable bonds is 0. The van der Waals surface area contributed by atoms with E-state index in [0.29, 0.717) is 0 Å². The predicted molar refractivity (Wildman–Crippen MR) is 1.37 cm³/mol. The van der Waals surface area contributed by atoms with Crippen LogP contribution in [0.5, 0.6) is 0 Å². The fourth-order valence-electron chi connectivity index (χ4n) is 0. The van der Waals surface area contributed by atoms with Crippen molar-refractivity contribution in [3.8, 4) is 0 Å². The second-order valence-electron chi connectivity index (χ2n) is 0. The third-order valence-corrected chi connectivity index (χ3v) is 0. The molecule has 0 aromatic heterocycles. The zero-order chi connectivity index (χ0) is 0. The predicted octanol–water partition coefficient (Wildman–Crippen LogP) is -0.243.